The fraction of sp³-hybridized carbons (Fsp3) is 0.667. The molecule has 1 aromatic rings. The quantitative estimate of drug-likeness (QED) is 0.615. The fourth-order valence-corrected chi connectivity index (χ4v) is 2.09. The van der Waals surface area contributed by atoms with Crippen molar-refractivity contribution in [2.24, 2.45) is 7.05 Å². The molecular weight excluding hydrogens is 298 g/mol. The molecule has 1 heterocycles. The summed E-state index contributed by atoms with van der Waals surface area (Å²) in [5.74, 6) is 0. The summed E-state index contributed by atoms with van der Waals surface area (Å²) in [4.78, 5) is 35.8. The number of aromatic nitrogens is 3. The first-order valence-corrected chi connectivity index (χ1v) is 6.90. The summed E-state index contributed by atoms with van der Waals surface area (Å²) in [5, 5.41) is 0. The summed E-state index contributed by atoms with van der Waals surface area (Å²) >= 11 is 5.09. The molecule has 1 unspecified atom stereocenters. The molecule has 0 bridgehead atoms. The van der Waals surface area contributed by atoms with Crippen molar-refractivity contribution < 1.29 is 14.3 Å². The third kappa shape index (κ3) is 3.41. The van der Waals surface area contributed by atoms with Gasteiger partial charge in [-0.05, 0) is 39.9 Å². The predicted molar refractivity (Wildman–Crippen MR) is 78.0 cm³/mol. The standard InChI is InChI=1S/C12H19N3O5S/c1-6-19-12(18)20-8(4)15-10(17)14(7(2)3)9(16)13(5)11(15)21/h7-8H,6H2,1-5H3. The van der Waals surface area contributed by atoms with Crippen molar-refractivity contribution in [2.75, 3.05) is 6.61 Å². The minimum atomic E-state index is -0.985. The van der Waals surface area contributed by atoms with Gasteiger partial charge in [-0.3, -0.25) is 4.57 Å². The Morgan fingerprint density at radius 2 is 1.76 bits per heavy atom. The van der Waals surface area contributed by atoms with Crippen molar-refractivity contribution >= 4 is 18.4 Å². The lowest BCUT2D eigenvalue weighted by molar-refractivity contribution is 0.00210. The van der Waals surface area contributed by atoms with Crippen LogP contribution in [0.25, 0.3) is 0 Å². The molecule has 0 fully saturated rings. The molecule has 118 valence electrons. The lowest BCUT2D eigenvalue weighted by Gasteiger charge is -2.19. The summed E-state index contributed by atoms with van der Waals surface area (Å²) in [6.45, 7) is 6.67. The van der Waals surface area contributed by atoms with E-state index in [0.717, 1.165) is 13.7 Å². The van der Waals surface area contributed by atoms with Crippen LogP contribution in [0, 0.1) is 4.77 Å². The van der Waals surface area contributed by atoms with E-state index in [1.54, 1.807) is 20.8 Å². The Kier molecular flexibility index (Phi) is 5.47. The predicted octanol–water partition coefficient (Wildman–Crippen LogP) is 1.35. The molecule has 1 rings (SSSR count). The topological polar surface area (TPSA) is 84.5 Å². The smallest absolute Gasteiger partial charge is 0.435 e. The van der Waals surface area contributed by atoms with Crippen molar-refractivity contribution in [3.05, 3.63) is 25.7 Å². The maximum absolute atomic E-state index is 12.4. The number of carbonyl (C=O) groups excluding carboxylic acids is 1. The highest BCUT2D eigenvalue weighted by Gasteiger charge is 2.20. The van der Waals surface area contributed by atoms with Gasteiger partial charge in [-0.15, -0.1) is 0 Å². The number of hydrogen-bond acceptors (Lipinski definition) is 6. The van der Waals surface area contributed by atoms with Crippen LogP contribution in [0.3, 0.4) is 0 Å². The van der Waals surface area contributed by atoms with E-state index in [1.165, 1.54) is 14.0 Å². The highest BCUT2D eigenvalue weighted by Crippen LogP contribution is 2.07. The lowest BCUT2D eigenvalue weighted by Crippen LogP contribution is -2.47. The zero-order valence-electron chi connectivity index (χ0n) is 12.7. The highest BCUT2D eigenvalue weighted by atomic mass is 32.1. The second-order valence-corrected chi connectivity index (χ2v) is 5.01. The molecule has 9 heteroatoms. The average molecular weight is 317 g/mol. The van der Waals surface area contributed by atoms with Gasteiger partial charge in [-0.1, -0.05) is 0 Å². The molecule has 8 nitrogen and oxygen atoms in total. The zero-order valence-corrected chi connectivity index (χ0v) is 13.5. The van der Waals surface area contributed by atoms with E-state index in [2.05, 4.69) is 4.74 Å². The van der Waals surface area contributed by atoms with Gasteiger partial charge in [0.05, 0.1) is 6.61 Å². The molecule has 0 amide bonds. The molecule has 1 atom stereocenters. The third-order valence-corrected chi connectivity index (χ3v) is 3.28. The molecule has 0 saturated heterocycles. The molecule has 0 aliphatic carbocycles. The minimum absolute atomic E-state index is 0.0290. The van der Waals surface area contributed by atoms with Gasteiger partial charge in [0.15, 0.2) is 11.0 Å². The van der Waals surface area contributed by atoms with Crippen molar-refractivity contribution in [2.45, 2.75) is 40.0 Å². The number of hydrogen-bond donors (Lipinski definition) is 0. The molecule has 0 aliphatic rings. The fourth-order valence-electron chi connectivity index (χ4n) is 1.78. The number of nitrogens with zero attached hydrogens (tertiary/aromatic N) is 3. The van der Waals surface area contributed by atoms with Crippen LogP contribution in [0.15, 0.2) is 9.59 Å². The van der Waals surface area contributed by atoms with Gasteiger partial charge in [0.1, 0.15) is 0 Å². The van der Waals surface area contributed by atoms with Crippen molar-refractivity contribution in [3.8, 4) is 0 Å². The van der Waals surface area contributed by atoms with Crippen LogP contribution in [0.2, 0.25) is 0 Å². The first-order valence-electron chi connectivity index (χ1n) is 6.49. The van der Waals surface area contributed by atoms with Gasteiger partial charge in [0.25, 0.3) is 0 Å². The largest absolute Gasteiger partial charge is 0.510 e. The van der Waals surface area contributed by atoms with Crippen LogP contribution >= 0.6 is 12.2 Å². The molecular formula is C12H19N3O5S. The molecule has 21 heavy (non-hydrogen) atoms. The zero-order chi connectivity index (χ0) is 16.3. The number of ether oxygens (including phenoxy) is 2. The monoisotopic (exact) mass is 317 g/mol. The van der Waals surface area contributed by atoms with Crippen molar-refractivity contribution in [1.82, 2.24) is 13.7 Å². The van der Waals surface area contributed by atoms with E-state index in [1.807, 2.05) is 0 Å². The van der Waals surface area contributed by atoms with Gasteiger partial charge in [-0.25, -0.2) is 23.5 Å². The van der Waals surface area contributed by atoms with Crippen LogP contribution in [0.4, 0.5) is 4.79 Å². The first kappa shape index (κ1) is 17.2. The summed E-state index contributed by atoms with van der Waals surface area (Å²) in [5.41, 5.74) is -1.14. The Morgan fingerprint density at radius 3 is 2.24 bits per heavy atom. The van der Waals surface area contributed by atoms with Gasteiger partial charge >= 0.3 is 17.5 Å². The summed E-state index contributed by atoms with van der Waals surface area (Å²) in [7, 11) is 1.45. The van der Waals surface area contributed by atoms with Crippen LogP contribution in [0.1, 0.15) is 40.0 Å². The second-order valence-electron chi connectivity index (χ2n) is 4.64. The Morgan fingerprint density at radius 1 is 1.19 bits per heavy atom. The van der Waals surface area contributed by atoms with Gasteiger partial charge in [-0.2, -0.15) is 0 Å². The second kappa shape index (κ2) is 6.70. The molecule has 1 aromatic heterocycles. The maximum atomic E-state index is 12.4. The SMILES string of the molecule is CCOC(=O)OC(C)n1c(=S)n(C)c(=O)n(C(C)C)c1=O. The first-order chi connectivity index (χ1) is 9.72. The van der Waals surface area contributed by atoms with Gasteiger partial charge < -0.3 is 9.47 Å². The Bertz CT molecular complexity index is 700. The van der Waals surface area contributed by atoms with E-state index in [-0.39, 0.29) is 17.4 Å². The highest BCUT2D eigenvalue weighted by molar-refractivity contribution is 7.71. The van der Waals surface area contributed by atoms with Crippen molar-refractivity contribution in [3.63, 3.8) is 0 Å². The van der Waals surface area contributed by atoms with E-state index in [4.69, 9.17) is 17.0 Å². The minimum Gasteiger partial charge on any atom is -0.435 e. The van der Waals surface area contributed by atoms with Crippen LogP contribution in [-0.4, -0.2) is 26.5 Å². The number of carbonyl (C=O) groups is 1. The summed E-state index contributed by atoms with van der Waals surface area (Å²) < 4.78 is 12.9. The molecule has 0 aromatic carbocycles. The Labute approximate surface area is 126 Å². The van der Waals surface area contributed by atoms with Gasteiger partial charge in [0.2, 0.25) is 0 Å². The van der Waals surface area contributed by atoms with Crippen LogP contribution in [0.5, 0.6) is 0 Å². The van der Waals surface area contributed by atoms with Crippen LogP contribution in [-0.2, 0) is 16.5 Å². The summed E-state index contributed by atoms with van der Waals surface area (Å²) in [6, 6.07) is -0.354. The molecule has 0 radical (unpaired) electrons. The molecule has 0 aliphatic heterocycles. The molecule has 0 spiro atoms. The normalized spacial score (nSPS) is 12.3. The maximum Gasteiger partial charge on any atom is 0.510 e. The van der Waals surface area contributed by atoms with E-state index in [9.17, 15) is 14.4 Å². The Hall–Kier alpha value is -1.90. The van der Waals surface area contributed by atoms with E-state index >= 15 is 0 Å². The number of rotatable bonds is 4. The average Bonchev–Trinajstić information content (AvgIpc) is 2.36. The third-order valence-electron chi connectivity index (χ3n) is 2.81. The molecule has 0 N–H and O–H groups in total. The van der Waals surface area contributed by atoms with Gasteiger partial charge in [0, 0.05) is 13.1 Å². The van der Waals surface area contributed by atoms with Crippen LogP contribution < -0.4 is 11.4 Å². The van der Waals surface area contributed by atoms with E-state index < -0.39 is 23.8 Å². The summed E-state index contributed by atoms with van der Waals surface area (Å²) in [6.07, 6.45) is -1.89. The van der Waals surface area contributed by atoms with E-state index in [0.29, 0.717) is 0 Å². The lowest BCUT2D eigenvalue weighted by atomic mass is 10.4. The molecule has 0 saturated carbocycles. The Balaban J connectivity index is 3.44. The van der Waals surface area contributed by atoms with Crippen molar-refractivity contribution in [1.29, 1.82) is 0 Å².